The van der Waals surface area contributed by atoms with Gasteiger partial charge >= 0.3 is 0 Å². The molecule has 0 bridgehead atoms. The summed E-state index contributed by atoms with van der Waals surface area (Å²) in [5.41, 5.74) is 0. The van der Waals surface area contributed by atoms with Gasteiger partial charge in [-0.15, -0.1) is 0 Å². The molecule has 0 saturated heterocycles. The van der Waals surface area contributed by atoms with Gasteiger partial charge < -0.3 is 10.2 Å². The molecule has 0 rings (SSSR count). The summed E-state index contributed by atoms with van der Waals surface area (Å²) in [6, 6.07) is 0. The second kappa shape index (κ2) is 7.90. The Morgan fingerprint density at radius 2 is 2.08 bits per heavy atom. The molecule has 2 unspecified atom stereocenters. The molecule has 3 heteroatoms. The van der Waals surface area contributed by atoms with E-state index < -0.39 is 0 Å². The maximum atomic E-state index is 9.17. The van der Waals surface area contributed by atoms with E-state index in [4.69, 9.17) is 5.11 Å². The van der Waals surface area contributed by atoms with Crippen molar-refractivity contribution in [3.8, 4) is 0 Å². The van der Waals surface area contributed by atoms with E-state index in [9.17, 15) is 5.11 Å². The lowest BCUT2D eigenvalue weighted by atomic mass is 10.1. The van der Waals surface area contributed by atoms with Crippen LogP contribution in [0.5, 0.6) is 0 Å². The normalized spacial score (nSPS) is 16.0. The van der Waals surface area contributed by atoms with Crippen molar-refractivity contribution < 1.29 is 10.2 Å². The van der Waals surface area contributed by atoms with Crippen LogP contribution in [0.25, 0.3) is 0 Å². The van der Waals surface area contributed by atoms with E-state index in [2.05, 4.69) is 6.92 Å². The zero-order valence-electron chi connectivity index (χ0n) is 7.99. The number of thioether (sulfide) groups is 1. The largest absolute Gasteiger partial charge is 0.396 e. The second-order valence-corrected chi connectivity index (χ2v) is 4.50. The molecule has 2 nitrogen and oxygen atoms in total. The van der Waals surface area contributed by atoms with E-state index in [1.807, 2.05) is 6.92 Å². The summed E-state index contributed by atoms with van der Waals surface area (Å²) in [6.45, 7) is 4.21. The van der Waals surface area contributed by atoms with Crippen LogP contribution in [0.4, 0.5) is 0 Å². The number of rotatable bonds is 7. The van der Waals surface area contributed by atoms with Crippen LogP contribution < -0.4 is 0 Å². The number of hydrogen-bond acceptors (Lipinski definition) is 3. The standard InChI is InChI=1S/C9H20O2S/c1-3-4-9(7-8(2)11)12-6-5-10/h8-11H,3-7H2,1-2H3. The molecule has 74 valence electrons. The van der Waals surface area contributed by atoms with E-state index in [-0.39, 0.29) is 12.7 Å². The van der Waals surface area contributed by atoms with Crippen LogP contribution in [0.3, 0.4) is 0 Å². The minimum absolute atomic E-state index is 0.215. The van der Waals surface area contributed by atoms with Crippen LogP contribution in [0.15, 0.2) is 0 Å². The first-order valence-electron chi connectivity index (χ1n) is 4.61. The Balaban J connectivity index is 3.54. The molecule has 12 heavy (non-hydrogen) atoms. The van der Waals surface area contributed by atoms with Crippen LogP contribution >= 0.6 is 11.8 Å². The summed E-state index contributed by atoms with van der Waals surface area (Å²) in [7, 11) is 0. The van der Waals surface area contributed by atoms with E-state index in [1.54, 1.807) is 11.8 Å². The van der Waals surface area contributed by atoms with Gasteiger partial charge in [0.15, 0.2) is 0 Å². The summed E-state index contributed by atoms with van der Waals surface area (Å²) >= 11 is 1.76. The molecule has 0 aliphatic heterocycles. The third-order valence-corrected chi connectivity index (χ3v) is 2.98. The lowest BCUT2D eigenvalue weighted by molar-refractivity contribution is 0.182. The van der Waals surface area contributed by atoms with Gasteiger partial charge in [0.05, 0.1) is 12.7 Å². The second-order valence-electron chi connectivity index (χ2n) is 3.09. The number of hydrogen-bond donors (Lipinski definition) is 2. The van der Waals surface area contributed by atoms with Crippen molar-refractivity contribution in [3.05, 3.63) is 0 Å². The summed E-state index contributed by atoms with van der Waals surface area (Å²) in [6.07, 6.45) is 2.91. The van der Waals surface area contributed by atoms with Crippen molar-refractivity contribution >= 4 is 11.8 Å². The van der Waals surface area contributed by atoms with Gasteiger partial charge in [-0.05, 0) is 19.8 Å². The lowest BCUT2D eigenvalue weighted by Gasteiger charge is -2.16. The van der Waals surface area contributed by atoms with Gasteiger partial charge in [0, 0.05) is 11.0 Å². The zero-order valence-corrected chi connectivity index (χ0v) is 8.81. The van der Waals surface area contributed by atoms with Gasteiger partial charge in [-0.25, -0.2) is 0 Å². The Morgan fingerprint density at radius 1 is 1.42 bits per heavy atom. The molecule has 0 aliphatic rings. The van der Waals surface area contributed by atoms with Gasteiger partial charge in [-0.3, -0.25) is 0 Å². The predicted molar refractivity (Wildman–Crippen MR) is 54.5 cm³/mol. The third-order valence-electron chi connectivity index (χ3n) is 1.66. The highest BCUT2D eigenvalue weighted by Crippen LogP contribution is 2.20. The summed E-state index contributed by atoms with van der Waals surface area (Å²) in [5.74, 6) is 0.789. The highest BCUT2D eigenvalue weighted by molar-refractivity contribution is 7.99. The predicted octanol–water partition coefficient (Wildman–Crippen LogP) is 1.65. The molecule has 0 fully saturated rings. The Kier molecular flexibility index (Phi) is 8.07. The van der Waals surface area contributed by atoms with Gasteiger partial charge in [0.25, 0.3) is 0 Å². The van der Waals surface area contributed by atoms with Crippen LogP contribution in [-0.2, 0) is 0 Å². The Labute approximate surface area is 79.4 Å². The summed E-state index contributed by atoms with van der Waals surface area (Å²) < 4.78 is 0. The quantitative estimate of drug-likeness (QED) is 0.644. The fourth-order valence-corrected chi connectivity index (χ4v) is 2.45. The fraction of sp³-hybridized carbons (Fsp3) is 1.00. The van der Waals surface area contributed by atoms with Crippen molar-refractivity contribution in [2.24, 2.45) is 0 Å². The van der Waals surface area contributed by atoms with Crippen molar-refractivity contribution in [2.75, 3.05) is 12.4 Å². The van der Waals surface area contributed by atoms with Crippen molar-refractivity contribution in [3.63, 3.8) is 0 Å². The maximum absolute atomic E-state index is 9.17. The topological polar surface area (TPSA) is 40.5 Å². The minimum atomic E-state index is -0.215. The van der Waals surface area contributed by atoms with Crippen molar-refractivity contribution in [1.29, 1.82) is 0 Å². The van der Waals surface area contributed by atoms with E-state index in [0.29, 0.717) is 5.25 Å². The molecule has 0 aliphatic carbocycles. The SMILES string of the molecule is CCCC(CC(C)O)SCCO. The van der Waals surface area contributed by atoms with Gasteiger partial charge in [-0.2, -0.15) is 11.8 Å². The fourth-order valence-electron chi connectivity index (χ4n) is 1.19. The molecule has 0 saturated carbocycles. The van der Waals surface area contributed by atoms with Crippen LogP contribution in [0, 0.1) is 0 Å². The van der Waals surface area contributed by atoms with Gasteiger partial charge in [0.1, 0.15) is 0 Å². The molecule has 0 spiro atoms. The average Bonchev–Trinajstić information content (AvgIpc) is 2.00. The smallest absolute Gasteiger partial charge is 0.0522 e. The highest BCUT2D eigenvalue weighted by Gasteiger charge is 2.10. The molecule has 0 heterocycles. The van der Waals surface area contributed by atoms with Gasteiger partial charge in [-0.1, -0.05) is 13.3 Å². The molecule has 2 N–H and O–H groups in total. The van der Waals surface area contributed by atoms with Crippen molar-refractivity contribution in [1.82, 2.24) is 0 Å². The minimum Gasteiger partial charge on any atom is -0.396 e. The molecule has 0 amide bonds. The highest BCUT2D eigenvalue weighted by atomic mass is 32.2. The zero-order chi connectivity index (χ0) is 9.40. The monoisotopic (exact) mass is 192 g/mol. The van der Waals surface area contributed by atoms with Crippen molar-refractivity contribution in [2.45, 2.75) is 44.5 Å². The van der Waals surface area contributed by atoms with E-state index >= 15 is 0 Å². The molecular formula is C9H20O2S. The van der Waals surface area contributed by atoms with Crippen LogP contribution in [-0.4, -0.2) is 33.9 Å². The van der Waals surface area contributed by atoms with Crippen LogP contribution in [0.1, 0.15) is 33.1 Å². The number of aliphatic hydroxyl groups is 2. The first-order valence-corrected chi connectivity index (χ1v) is 5.66. The molecular weight excluding hydrogens is 172 g/mol. The van der Waals surface area contributed by atoms with E-state index in [1.165, 1.54) is 0 Å². The molecule has 0 aromatic carbocycles. The average molecular weight is 192 g/mol. The Morgan fingerprint density at radius 3 is 2.50 bits per heavy atom. The number of aliphatic hydroxyl groups excluding tert-OH is 2. The molecule has 0 radical (unpaired) electrons. The Bertz CT molecular complexity index is 96.5. The molecule has 0 aromatic rings. The first kappa shape index (κ1) is 12.3. The summed E-state index contributed by atoms with van der Waals surface area (Å²) in [4.78, 5) is 0. The van der Waals surface area contributed by atoms with E-state index in [0.717, 1.165) is 25.0 Å². The van der Waals surface area contributed by atoms with Gasteiger partial charge in [0.2, 0.25) is 0 Å². The Hall–Kier alpha value is 0.270. The molecule has 2 atom stereocenters. The summed E-state index contributed by atoms with van der Waals surface area (Å²) in [5, 5.41) is 18.3. The first-order chi connectivity index (χ1) is 5.70. The molecule has 0 aromatic heterocycles. The lowest BCUT2D eigenvalue weighted by Crippen LogP contribution is -2.13. The van der Waals surface area contributed by atoms with Crippen LogP contribution in [0.2, 0.25) is 0 Å². The maximum Gasteiger partial charge on any atom is 0.0522 e. The third kappa shape index (κ3) is 6.95.